The van der Waals surface area contributed by atoms with Gasteiger partial charge in [-0.1, -0.05) is 19.8 Å². The van der Waals surface area contributed by atoms with Crippen LogP contribution in [0.15, 0.2) is 0 Å². The van der Waals surface area contributed by atoms with Gasteiger partial charge >= 0.3 is 5.97 Å². The van der Waals surface area contributed by atoms with Crippen molar-refractivity contribution in [1.82, 2.24) is 0 Å². The van der Waals surface area contributed by atoms with Crippen LogP contribution >= 0.6 is 0 Å². The van der Waals surface area contributed by atoms with Crippen molar-refractivity contribution < 1.29 is 14.3 Å². The molecule has 0 heterocycles. The van der Waals surface area contributed by atoms with E-state index in [1.54, 1.807) is 7.11 Å². The van der Waals surface area contributed by atoms with Gasteiger partial charge < -0.3 is 15.2 Å². The molecule has 2 unspecified atom stereocenters. The predicted octanol–water partition coefficient (Wildman–Crippen LogP) is 1.47. The van der Waals surface area contributed by atoms with Gasteiger partial charge in [0.25, 0.3) is 0 Å². The Kier molecular flexibility index (Phi) is 5.22. The number of carbonyl (C=O) groups excluding carboxylic acids is 1. The summed E-state index contributed by atoms with van der Waals surface area (Å²) in [7, 11) is 1.63. The Hall–Kier alpha value is -0.610. The number of ether oxygens (including phenoxy) is 2. The lowest BCUT2D eigenvalue weighted by Crippen LogP contribution is -2.55. The minimum absolute atomic E-state index is 0.219. The molecule has 0 aromatic rings. The molecular formula is C12H23NO3. The van der Waals surface area contributed by atoms with Gasteiger partial charge in [0.15, 0.2) is 0 Å². The van der Waals surface area contributed by atoms with Crippen molar-refractivity contribution in [3.63, 3.8) is 0 Å². The molecule has 2 N–H and O–H groups in total. The first kappa shape index (κ1) is 13.5. The van der Waals surface area contributed by atoms with Gasteiger partial charge in [0.2, 0.25) is 0 Å². The van der Waals surface area contributed by atoms with Crippen LogP contribution < -0.4 is 5.73 Å². The highest BCUT2D eigenvalue weighted by atomic mass is 16.5. The molecule has 0 spiro atoms. The molecule has 1 rings (SSSR count). The molecule has 4 nitrogen and oxygen atoms in total. The van der Waals surface area contributed by atoms with Gasteiger partial charge in [-0.05, 0) is 18.8 Å². The molecule has 0 bridgehead atoms. The van der Waals surface area contributed by atoms with Crippen molar-refractivity contribution in [3.05, 3.63) is 0 Å². The summed E-state index contributed by atoms with van der Waals surface area (Å²) in [5, 5.41) is 0. The second-order valence-electron chi connectivity index (χ2n) is 4.67. The van der Waals surface area contributed by atoms with Crippen LogP contribution in [0.4, 0.5) is 0 Å². The van der Waals surface area contributed by atoms with Crippen LogP contribution in [0, 0.1) is 5.92 Å². The lowest BCUT2D eigenvalue weighted by atomic mass is 9.74. The molecule has 0 radical (unpaired) electrons. The Labute approximate surface area is 97.5 Å². The number of nitrogens with two attached hydrogens (primary N) is 1. The molecule has 1 saturated carbocycles. The summed E-state index contributed by atoms with van der Waals surface area (Å²) in [5.74, 6) is -0.0213. The zero-order valence-electron chi connectivity index (χ0n) is 10.3. The summed E-state index contributed by atoms with van der Waals surface area (Å²) in [6.45, 7) is 3.05. The Balaban J connectivity index is 2.38. The highest BCUT2D eigenvalue weighted by Gasteiger charge is 2.42. The summed E-state index contributed by atoms with van der Waals surface area (Å²) in [6, 6.07) is 0. The number of rotatable bonds is 5. The van der Waals surface area contributed by atoms with Crippen molar-refractivity contribution in [3.8, 4) is 0 Å². The predicted molar refractivity (Wildman–Crippen MR) is 62.0 cm³/mol. The normalized spacial score (nSPS) is 30.1. The van der Waals surface area contributed by atoms with Crippen LogP contribution in [0.5, 0.6) is 0 Å². The highest BCUT2D eigenvalue weighted by molar-refractivity contribution is 5.81. The van der Waals surface area contributed by atoms with E-state index in [1.165, 1.54) is 0 Å². The third-order valence-electron chi connectivity index (χ3n) is 3.46. The topological polar surface area (TPSA) is 61.5 Å². The maximum Gasteiger partial charge on any atom is 0.326 e. The summed E-state index contributed by atoms with van der Waals surface area (Å²) < 4.78 is 10.1. The minimum atomic E-state index is -0.759. The fraction of sp³-hybridized carbons (Fsp3) is 0.917. The lowest BCUT2D eigenvalue weighted by Gasteiger charge is -2.36. The highest BCUT2D eigenvalue weighted by Crippen LogP contribution is 2.32. The molecule has 1 aliphatic rings. The van der Waals surface area contributed by atoms with E-state index >= 15 is 0 Å². The van der Waals surface area contributed by atoms with Crippen molar-refractivity contribution >= 4 is 5.97 Å². The first-order chi connectivity index (χ1) is 7.61. The maximum absolute atomic E-state index is 11.9. The van der Waals surface area contributed by atoms with E-state index in [0.29, 0.717) is 13.2 Å². The maximum atomic E-state index is 11.9. The summed E-state index contributed by atoms with van der Waals surface area (Å²) in [5.41, 5.74) is 5.40. The van der Waals surface area contributed by atoms with Crippen molar-refractivity contribution in [2.45, 2.75) is 44.6 Å². The lowest BCUT2D eigenvalue weighted by molar-refractivity contribution is -0.154. The van der Waals surface area contributed by atoms with Crippen LogP contribution in [-0.4, -0.2) is 31.8 Å². The summed E-state index contributed by atoms with van der Waals surface area (Å²) in [6.07, 6.45) is 4.68. The van der Waals surface area contributed by atoms with Crippen LogP contribution in [-0.2, 0) is 14.3 Å². The SMILES string of the molecule is COCCCOC(=O)C1(N)CCCCC1C. The van der Waals surface area contributed by atoms with Crippen molar-refractivity contribution in [1.29, 1.82) is 0 Å². The number of carbonyl (C=O) groups is 1. The van der Waals surface area contributed by atoms with E-state index < -0.39 is 5.54 Å². The van der Waals surface area contributed by atoms with E-state index in [9.17, 15) is 4.79 Å². The molecule has 1 aliphatic carbocycles. The molecule has 4 heteroatoms. The Morgan fingerprint density at radius 1 is 1.44 bits per heavy atom. The van der Waals surface area contributed by atoms with E-state index in [-0.39, 0.29) is 11.9 Å². The zero-order valence-corrected chi connectivity index (χ0v) is 10.3. The van der Waals surface area contributed by atoms with Crippen molar-refractivity contribution in [2.24, 2.45) is 11.7 Å². The third kappa shape index (κ3) is 3.19. The molecule has 1 fully saturated rings. The first-order valence-electron chi connectivity index (χ1n) is 6.06. The third-order valence-corrected chi connectivity index (χ3v) is 3.46. The average Bonchev–Trinajstić information content (AvgIpc) is 2.28. The van der Waals surface area contributed by atoms with E-state index in [2.05, 4.69) is 0 Å². The van der Waals surface area contributed by atoms with Gasteiger partial charge in [-0.15, -0.1) is 0 Å². The average molecular weight is 229 g/mol. The number of methoxy groups -OCH3 is 1. The van der Waals surface area contributed by atoms with Gasteiger partial charge in [0, 0.05) is 20.1 Å². The molecular weight excluding hydrogens is 206 g/mol. The van der Waals surface area contributed by atoms with Crippen molar-refractivity contribution in [2.75, 3.05) is 20.3 Å². The molecule has 0 aromatic carbocycles. The van der Waals surface area contributed by atoms with Crippen LogP contribution in [0.2, 0.25) is 0 Å². The van der Waals surface area contributed by atoms with E-state index in [1.807, 2.05) is 6.92 Å². The second-order valence-corrected chi connectivity index (χ2v) is 4.67. The van der Waals surface area contributed by atoms with Gasteiger partial charge in [-0.25, -0.2) is 0 Å². The summed E-state index contributed by atoms with van der Waals surface area (Å²) in [4.78, 5) is 11.9. The number of hydrogen-bond acceptors (Lipinski definition) is 4. The zero-order chi connectivity index (χ0) is 12.0. The molecule has 0 amide bonds. The first-order valence-corrected chi connectivity index (χ1v) is 6.06. The molecule has 0 aromatic heterocycles. The van der Waals surface area contributed by atoms with Gasteiger partial charge in [0.1, 0.15) is 5.54 Å². The van der Waals surface area contributed by atoms with E-state index in [0.717, 1.165) is 32.1 Å². The van der Waals surface area contributed by atoms with Gasteiger partial charge in [-0.3, -0.25) is 4.79 Å². The monoisotopic (exact) mass is 229 g/mol. The minimum Gasteiger partial charge on any atom is -0.464 e. The fourth-order valence-electron chi connectivity index (χ4n) is 2.18. The second kappa shape index (κ2) is 6.21. The summed E-state index contributed by atoms with van der Waals surface area (Å²) >= 11 is 0. The number of hydrogen-bond donors (Lipinski definition) is 1. The van der Waals surface area contributed by atoms with Crippen LogP contribution in [0.1, 0.15) is 39.0 Å². The van der Waals surface area contributed by atoms with Crippen LogP contribution in [0.3, 0.4) is 0 Å². The molecule has 0 saturated heterocycles. The largest absolute Gasteiger partial charge is 0.464 e. The molecule has 16 heavy (non-hydrogen) atoms. The Bertz CT molecular complexity index is 232. The van der Waals surface area contributed by atoms with E-state index in [4.69, 9.17) is 15.2 Å². The smallest absolute Gasteiger partial charge is 0.326 e. The molecule has 2 atom stereocenters. The number of esters is 1. The molecule has 0 aliphatic heterocycles. The fourth-order valence-corrected chi connectivity index (χ4v) is 2.18. The Morgan fingerprint density at radius 2 is 2.19 bits per heavy atom. The Morgan fingerprint density at radius 3 is 2.81 bits per heavy atom. The molecule has 94 valence electrons. The van der Waals surface area contributed by atoms with Gasteiger partial charge in [-0.2, -0.15) is 0 Å². The van der Waals surface area contributed by atoms with Gasteiger partial charge in [0.05, 0.1) is 6.61 Å². The standard InChI is InChI=1S/C12H23NO3/c1-10-6-3-4-7-12(10,13)11(14)16-9-5-8-15-2/h10H,3-9,13H2,1-2H3. The van der Waals surface area contributed by atoms with Crippen LogP contribution in [0.25, 0.3) is 0 Å². The quantitative estimate of drug-likeness (QED) is 0.573.